The Hall–Kier alpha value is -1.17. The average Bonchev–Trinajstić information content (AvgIpc) is 1.84. The monoisotopic (exact) mass is 162 g/mol. The van der Waals surface area contributed by atoms with Crippen LogP contribution >= 0.6 is 0 Å². The Balaban J connectivity index is 2.84. The van der Waals surface area contributed by atoms with E-state index in [1.54, 1.807) is 5.32 Å². The maximum absolute atomic E-state index is 13.0. The minimum absolute atomic E-state index is 0.881. The van der Waals surface area contributed by atoms with Gasteiger partial charge < -0.3 is 10.4 Å². The Bertz CT molecular complexity index is 216. The Morgan fingerprint density at radius 1 is 1.64 bits per heavy atom. The van der Waals surface area contributed by atoms with Crippen molar-refractivity contribution in [2.45, 2.75) is 18.8 Å². The van der Waals surface area contributed by atoms with Crippen LogP contribution in [0.3, 0.4) is 0 Å². The van der Waals surface area contributed by atoms with Crippen molar-refractivity contribution in [3.05, 3.63) is 0 Å². The molecular formula is C5H7FN2O3. The van der Waals surface area contributed by atoms with Gasteiger partial charge in [0, 0.05) is 0 Å². The molecule has 6 heteroatoms. The molecule has 2 unspecified atom stereocenters. The van der Waals surface area contributed by atoms with Gasteiger partial charge in [-0.25, -0.2) is 9.18 Å². The van der Waals surface area contributed by atoms with E-state index in [0.717, 1.165) is 6.92 Å². The zero-order chi connectivity index (χ0) is 8.65. The summed E-state index contributed by atoms with van der Waals surface area (Å²) in [5.74, 6) is -1.13. The molecule has 11 heavy (non-hydrogen) atoms. The smallest absolute Gasteiger partial charge is 0.323 e. The van der Waals surface area contributed by atoms with Crippen molar-refractivity contribution in [3.8, 4) is 0 Å². The number of alkyl halides is 1. The molecule has 0 bridgehead atoms. The van der Waals surface area contributed by atoms with Crippen molar-refractivity contribution >= 4 is 11.9 Å². The summed E-state index contributed by atoms with van der Waals surface area (Å²) in [7, 11) is 0. The minimum atomic E-state index is -2.45. The summed E-state index contributed by atoms with van der Waals surface area (Å²) in [6.45, 7) is 0.881. The molecule has 1 saturated heterocycles. The molecule has 0 radical (unpaired) electrons. The summed E-state index contributed by atoms with van der Waals surface area (Å²) >= 11 is 0. The third-order valence-electron chi connectivity index (χ3n) is 1.45. The topological polar surface area (TPSA) is 78.4 Å². The van der Waals surface area contributed by atoms with E-state index in [9.17, 15) is 14.0 Å². The number of carbonyl (C=O) groups is 2. The van der Waals surface area contributed by atoms with Gasteiger partial charge in [0.25, 0.3) is 5.91 Å². The standard InChI is InChI=1S/C5H7FN2O3/c1-5(6)2(9)7-4(11)8-3(5)10/h2,9H,1H3,(H2,7,8,10,11). The van der Waals surface area contributed by atoms with Gasteiger partial charge in [0.2, 0.25) is 5.67 Å². The minimum Gasteiger partial charge on any atom is -0.370 e. The van der Waals surface area contributed by atoms with Gasteiger partial charge in [-0.2, -0.15) is 0 Å². The molecule has 3 amide bonds. The molecule has 0 aromatic heterocycles. The molecule has 1 rings (SSSR count). The average molecular weight is 162 g/mol. The number of imide groups is 1. The van der Waals surface area contributed by atoms with Crippen molar-refractivity contribution in [2.75, 3.05) is 0 Å². The van der Waals surface area contributed by atoms with Gasteiger partial charge in [-0.15, -0.1) is 0 Å². The van der Waals surface area contributed by atoms with Gasteiger partial charge in [0.05, 0.1) is 0 Å². The second-order valence-electron chi connectivity index (χ2n) is 2.41. The number of aliphatic hydroxyl groups is 1. The quantitative estimate of drug-likeness (QED) is 0.422. The number of rotatable bonds is 0. The fourth-order valence-electron chi connectivity index (χ4n) is 0.645. The van der Waals surface area contributed by atoms with E-state index in [1.165, 1.54) is 0 Å². The molecular weight excluding hydrogens is 155 g/mol. The Morgan fingerprint density at radius 3 is 2.64 bits per heavy atom. The molecule has 62 valence electrons. The fraction of sp³-hybridized carbons (Fsp3) is 0.600. The van der Waals surface area contributed by atoms with E-state index >= 15 is 0 Å². The molecule has 2 atom stereocenters. The summed E-state index contributed by atoms with van der Waals surface area (Å²) in [6.07, 6.45) is -1.77. The number of halogens is 1. The lowest BCUT2D eigenvalue weighted by molar-refractivity contribution is -0.141. The van der Waals surface area contributed by atoms with Gasteiger partial charge >= 0.3 is 6.03 Å². The molecule has 0 aromatic rings. The highest BCUT2D eigenvalue weighted by atomic mass is 19.1. The molecule has 0 spiro atoms. The lowest BCUT2D eigenvalue weighted by Crippen LogP contribution is -2.65. The molecule has 5 nitrogen and oxygen atoms in total. The fourth-order valence-corrected chi connectivity index (χ4v) is 0.645. The molecule has 1 aliphatic heterocycles. The predicted octanol–water partition coefficient (Wildman–Crippen LogP) is -1.13. The van der Waals surface area contributed by atoms with Crippen molar-refractivity contribution < 1.29 is 19.1 Å². The van der Waals surface area contributed by atoms with Crippen molar-refractivity contribution in [1.29, 1.82) is 0 Å². The maximum Gasteiger partial charge on any atom is 0.323 e. The van der Waals surface area contributed by atoms with E-state index in [4.69, 9.17) is 5.11 Å². The number of aliphatic hydroxyl groups excluding tert-OH is 1. The van der Waals surface area contributed by atoms with Gasteiger partial charge in [-0.1, -0.05) is 0 Å². The molecule has 0 saturated carbocycles. The third-order valence-corrected chi connectivity index (χ3v) is 1.45. The van der Waals surface area contributed by atoms with E-state index in [1.807, 2.05) is 5.32 Å². The molecule has 0 aromatic carbocycles. The zero-order valence-corrected chi connectivity index (χ0v) is 5.72. The first-order chi connectivity index (χ1) is 4.94. The summed E-state index contributed by atoms with van der Waals surface area (Å²) in [5.41, 5.74) is -2.45. The van der Waals surface area contributed by atoms with Crippen LogP contribution < -0.4 is 10.6 Å². The molecule has 1 heterocycles. The summed E-state index contributed by atoms with van der Waals surface area (Å²) in [6, 6.07) is -0.891. The first-order valence-corrected chi connectivity index (χ1v) is 2.93. The Kier molecular flexibility index (Phi) is 1.56. The van der Waals surface area contributed by atoms with Crippen LogP contribution in [-0.2, 0) is 4.79 Å². The van der Waals surface area contributed by atoms with Crippen molar-refractivity contribution in [1.82, 2.24) is 10.6 Å². The van der Waals surface area contributed by atoms with Crippen LogP contribution in [0.4, 0.5) is 9.18 Å². The Morgan fingerprint density at radius 2 is 2.18 bits per heavy atom. The van der Waals surface area contributed by atoms with Gasteiger partial charge in [-0.05, 0) is 6.92 Å². The lowest BCUT2D eigenvalue weighted by Gasteiger charge is -2.29. The van der Waals surface area contributed by atoms with Crippen LogP contribution in [0.15, 0.2) is 0 Å². The third kappa shape index (κ3) is 1.16. The highest BCUT2D eigenvalue weighted by Gasteiger charge is 2.46. The number of hydrogen-bond acceptors (Lipinski definition) is 3. The number of carbonyl (C=O) groups excluding carboxylic acids is 2. The molecule has 1 aliphatic rings. The number of hydrogen-bond donors (Lipinski definition) is 3. The van der Waals surface area contributed by atoms with E-state index in [2.05, 4.69) is 0 Å². The SMILES string of the molecule is CC1(F)C(=O)NC(=O)NC1O. The predicted molar refractivity (Wildman–Crippen MR) is 32.2 cm³/mol. The Labute approximate surface area is 61.6 Å². The van der Waals surface area contributed by atoms with Crippen LogP contribution in [0.1, 0.15) is 6.92 Å². The zero-order valence-electron chi connectivity index (χ0n) is 5.72. The molecule has 1 fully saturated rings. The highest BCUT2D eigenvalue weighted by molar-refractivity contribution is 6.01. The summed E-state index contributed by atoms with van der Waals surface area (Å²) < 4.78 is 13.0. The largest absolute Gasteiger partial charge is 0.370 e. The molecule has 0 aliphatic carbocycles. The molecule has 3 N–H and O–H groups in total. The van der Waals surface area contributed by atoms with E-state index in [-0.39, 0.29) is 0 Å². The number of urea groups is 1. The van der Waals surface area contributed by atoms with Gasteiger partial charge in [-0.3, -0.25) is 10.1 Å². The van der Waals surface area contributed by atoms with Crippen LogP contribution in [0.2, 0.25) is 0 Å². The van der Waals surface area contributed by atoms with Crippen molar-refractivity contribution in [2.24, 2.45) is 0 Å². The van der Waals surface area contributed by atoms with E-state index in [0.29, 0.717) is 0 Å². The highest BCUT2D eigenvalue weighted by Crippen LogP contribution is 2.16. The number of nitrogens with one attached hydrogen (secondary N) is 2. The normalized spacial score (nSPS) is 37.9. The first kappa shape index (κ1) is 7.93. The maximum atomic E-state index is 13.0. The lowest BCUT2D eigenvalue weighted by atomic mass is 10.0. The summed E-state index contributed by atoms with van der Waals surface area (Å²) in [4.78, 5) is 21.0. The van der Waals surface area contributed by atoms with Crippen LogP contribution in [0, 0.1) is 0 Å². The van der Waals surface area contributed by atoms with Gasteiger partial charge in [0.15, 0.2) is 6.23 Å². The number of amides is 3. The van der Waals surface area contributed by atoms with Crippen LogP contribution in [-0.4, -0.2) is 28.9 Å². The van der Waals surface area contributed by atoms with Crippen LogP contribution in [0.25, 0.3) is 0 Å². The van der Waals surface area contributed by atoms with Gasteiger partial charge in [0.1, 0.15) is 0 Å². The van der Waals surface area contributed by atoms with Crippen LogP contribution in [0.5, 0.6) is 0 Å². The second kappa shape index (κ2) is 2.16. The van der Waals surface area contributed by atoms with Crippen molar-refractivity contribution in [3.63, 3.8) is 0 Å². The van der Waals surface area contributed by atoms with E-state index < -0.39 is 23.8 Å². The summed E-state index contributed by atoms with van der Waals surface area (Å²) in [5, 5.41) is 12.3. The second-order valence-corrected chi connectivity index (χ2v) is 2.41. The first-order valence-electron chi connectivity index (χ1n) is 2.93.